The first-order valence-corrected chi connectivity index (χ1v) is 20.1. The highest BCUT2D eigenvalue weighted by atomic mass is 16.3. The maximum Gasteiger partial charge on any atom is 0.164 e. The summed E-state index contributed by atoms with van der Waals surface area (Å²) in [5.41, 5.74) is 12.1. The molecule has 0 saturated carbocycles. The first-order chi connectivity index (χ1) is 29.7. The fraction of sp³-hybridized carbons (Fsp3) is 0. The molecule has 0 aliphatic rings. The van der Waals surface area contributed by atoms with Gasteiger partial charge >= 0.3 is 0 Å². The van der Waals surface area contributed by atoms with Crippen LogP contribution in [0.3, 0.4) is 0 Å². The molecule has 11 rings (SSSR count). The second-order valence-corrected chi connectivity index (χ2v) is 14.8. The number of furan rings is 1. The zero-order valence-corrected chi connectivity index (χ0v) is 32.5. The fourth-order valence-electron chi connectivity index (χ4n) is 8.18. The van der Waals surface area contributed by atoms with Crippen molar-refractivity contribution in [3.63, 3.8) is 0 Å². The Balaban J connectivity index is 1.07. The van der Waals surface area contributed by atoms with Crippen molar-refractivity contribution in [2.24, 2.45) is 0 Å². The van der Waals surface area contributed by atoms with Crippen LogP contribution in [0, 0.1) is 0 Å². The van der Waals surface area contributed by atoms with E-state index in [9.17, 15) is 0 Å². The van der Waals surface area contributed by atoms with Crippen molar-refractivity contribution in [2.75, 3.05) is 4.90 Å². The Hall–Kier alpha value is -8.15. The van der Waals surface area contributed by atoms with E-state index in [0.717, 1.165) is 77.6 Å². The van der Waals surface area contributed by atoms with Gasteiger partial charge in [0.15, 0.2) is 17.5 Å². The predicted molar refractivity (Wildman–Crippen MR) is 246 cm³/mol. The molecule has 0 amide bonds. The molecule has 0 saturated heterocycles. The second kappa shape index (κ2) is 15.0. The third-order valence-corrected chi connectivity index (χ3v) is 11.1. The minimum Gasteiger partial charge on any atom is -0.456 e. The van der Waals surface area contributed by atoms with Crippen molar-refractivity contribution in [3.8, 4) is 56.4 Å². The van der Waals surface area contributed by atoms with Gasteiger partial charge in [-0.3, -0.25) is 0 Å². The van der Waals surface area contributed by atoms with Crippen LogP contribution < -0.4 is 4.90 Å². The third-order valence-electron chi connectivity index (χ3n) is 11.1. The summed E-state index contributed by atoms with van der Waals surface area (Å²) < 4.78 is 6.87. The summed E-state index contributed by atoms with van der Waals surface area (Å²) in [6.45, 7) is 0. The minimum absolute atomic E-state index is 0.583. The van der Waals surface area contributed by atoms with Gasteiger partial charge in [0.2, 0.25) is 0 Å². The number of rotatable bonds is 8. The Morgan fingerprint density at radius 3 is 1.20 bits per heavy atom. The molecule has 0 aliphatic carbocycles. The Kier molecular flexibility index (Phi) is 8.75. The number of anilines is 3. The molecule has 0 bridgehead atoms. The fourth-order valence-corrected chi connectivity index (χ4v) is 8.18. The molecule has 282 valence electrons. The van der Waals surface area contributed by atoms with E-state index in [2.05, 4.69) is 163 Å². The van der Waals surface area contributed by atoms with Gasteiger partial charge in [0.1, 0.15) is 11.2 Å². The molecule has 9 aromatic carbocycles. The number of aromatic nitrogens is 3. The lowest BCUT2D eigenvalue weighted by molar-refractivity contribution is 0.669. The van der Waals surface area contributed by atoms with E-state index in [4.69, 9.17) is 19.4 Å². The van der Waals surface area contributed by atoms with E-state index in [1.807, 2.05) is 60.7 Å². The van der Waals surface area contributed by atoms with Crippen molar-refractivity contribution in [1.82, 2.24) is 15.0 Å². The first kappa shape index (κ1) is 35.0. The summed E-state index contributed by atoms with van der Waals surface area (Å²) in [4.78, 5) is 17.2. The van der Waals surface area contributed by atoms with E-state index in [0.29, 0.717) is 17.5 Å². The number of nitrogens with zero attached hydrogens (tertiary/aromatic N) is 4. The van der Waals surface area contributed by atoms with Crippen LogP contribution in [0.2, 0.25) is 0 Å². The van der Waals surface area contributed by atoms with Crippen LogP contribution in [0.1, 0.15) is 0 Å². The van der Waals surface area contributed by atoms with Crippen molar-refractivity contribution >= 4 is 49.8 Å². The van der Waals surface area contributed by atoms with E-state index in [1.54, 1.807) is 0 Å². The average Bonchev–Trinajstić information content (AvgIpc) is 3.71. The topological polar surface area (TPSA) is 55.1 Å². The Morgan fingerprint density at radius 1 is 0.300 bits per heavy atom. The lowest BCUT2D eigenvalue weighted by Gasteiger charge is -2.27. The van der Waals surface area contributed by atoms with Crippen molar-refractivity contribution in [1.29, 1.82) is 0 Å². The number of hydrogen-bond donors (Lipinski definition) is 0. The molecular weight excluding hydrogens is 733 g/mol. The lowest BCUT2D eigenvalue weighted by atomic mass is 9.99. The van der Waals surface area contributed by atoms with Gasteiger partial charge in [-0.15, -0.1) is 0 Å². The monoisotopic (exact) mass is 768 g/mol. The van der Waals surface area contributed by atoms with Gasteiger partial charge in [-0.1, -0.05) is 176 Å². The van der Waals surface area contributed by atoms with E-state index < -0.39 is 0 Å². The number of hydrogen-bond acceptors (Lipinski definition) is 5. The molecule has 2 aromatic heterocycles. The highest BCUT2D eigenvalue weighted by Crippen LogP contribution is 2.45. The molecule has 0 aliphatic heterocycles. The quantitative estimate of drug-likeness (QED) is 0.154. The summed E-state index contributed by atoms with van der Waals surface area (Å²) in [7, 11) is 0. The zero-order chi connectivity index (χ0) is 39.8. The number of benzene rings is 9. The van der Waals surface area contributed by atoms with Crippen molar-refractivity contribution in [2.45, 2.75) is 0 Å². The summed E-state index contributed by atoms with van der Waals surface area (Å²) >= 11 is 0. The molecule has 5 nitrogen and oxygen atoms in total. The minimum atomic E-state index is 0.583. The summed E-state index contributed by atoms with van der Waals surface area (Å²) in [6, 6.07) is 75.9. The van der Waals surface area contributed by atoms with Crippen LogP contribution in [0.4, 0.5) is 17.1 Å². The molecule has 0 atom stereocenters. The smallest absolute Gasteiger partial charge is 0.164 e. The van der Waals surface area contributed by atoms with E-state index in [1.165, 1.54) is 11.1 Å². The normalized spacial score (nSPS) is 11.3. The highest BCUT2D eigenvalue weighted by molar-refractivity contribution is 6.22. The van der Waals surface area contributed by atoms with Crippen LogP contribution in [-0.4, -0.2) is 15.0 Å². The third kappa shape index (κ3) is 6.45. The van der Waals surface area contributed by atoms with Crippen LogP contribution in [0.25, 0.3) is 89.1 Å². The molecule has 0 fully saturated rings. The summed E-state index contributed by atoms with van der Waals surface area (Å²) in [5, 5.41) is 4.33. The van der Waals surface area contributed by atoms with Gasteiger partial charge in [0.05, 0.1) is 5.69 Å². The summed E-state index contributed by atoms with van der Waals surface area (Å²) in [5.74, 6) is 1.82. The van der Waals surface area contributed by atoms with E-state index in [-0.39, 0.29) is 0 Å². The molecule has 5 heteroatoms. The van der Waals surface area contributed by atoms with Crippen LogP contribution in [-0.2, 0) is 0 Å². The standard InChI is InChI=1S/C55H36N4O/c1-5-15-37(16-6-1)39-25-30-44(31-26-39)59(45-32-27-40(28-33-45)38-17-7-2-8-18-38)49-36-51-52(47-24-14-13-23-46(47)49)48-34-29-43(35-50(48)60-51)55-57-53(41-19-9-3-10-20-41)56-54(58-55)42-21-11-4-12-22-42/h1-36H. The van der Waals surface area contributed by atoms with Gasteiger partial charge in [0.25, 0.3) is 0 Å². The van der Waals surface area contributed by atoms with Crippen LogP contribution >= 0.6 is 0 Å². The van der Waals surface area contributed by atoms with Crippen LogP contribution in [0.5, 0.6) is 0 Å². The molecule has 0 spiro atoms. The van der Waals surface area contributed by atoms with Gasteiger partial charge in [-0.05, 0) is 64.0 Å². The molecule has 60 heavy (non-hydrogen) atoms. The molecule has 2 heterocycles. The SMILES string of the molecule is c1ccc(-c2ccc(N(c3ccc(-c4ccccc4)cc3)c3cc4oc5cc(-c6nc(-c7ccccc7)nc(-c7ccccc7)n6)ccc5c4c4ccccc34)cc2)cc1. The van der Waals surface area contributed by atoms with Gasteiger partial charge in [-0.25, -0.2) is 15.0 Å². The highest BCUT2D eigenvalue weighted by Gasteiger charge is 2.21. The van der Waals surface area contributed by atoms with Crippen molar-refractivity contribution in [3.05, 3.63) is 218 Å². The van der Waals surface area contributed by atoms with E-state index >= 15 is 0 Å². The lowest BCUT2D eigenvalue weighted by Crippen LogP contribution is -2.10. The molecule has 0 unspecified atom stereocenters. The molecule has 0 N–H and O–H groups in total. The predicted octanol–water partition coefficient (Wildman–Crippen LogP) is 14.7. The molecule has 11 aromatic rings. The average molecular weight is 769 g/mol. The van der Waals surface area contributed by atoms with Gasteiger partial charge in [0, 0.05) is 50.3 Å². The second-order valence-electron chi connectivity index (χ2n) is 14.8. The maximum absolute atomic E-state index is 6.87. The molecular formula is C55H36N4O. The Bertz CT molecular complexity index is 3140. The zero-order valence-electron chi connectivity index (χ0n) is 32.5. The largest absolute Gasteiger partial charge is 0.456 e. The van der Waals surface area contributed by atoms with Gasteiger partial charge in [-0.2, -0.15) is 0 Å². The first-order valence-electron chi connectivity index (χ1n) is 20.1. The summed E-state index contributed by atoms with van der Waals surface area (Å²) in [6.07, 6.45) is 0. The van der Waals surface area contributed by atoms with Crippen molar-refractivity contribution < 1.29 is 4.42 Å². The number of fused-ring (bicyclic) bond motifs is 5. The Labute approximate surface area is 347 Å². The maximum atomic E-state index is 6.87. The van der Waals surface area contributed by atoms with Gasteiger partial charge < -0.3 is 9.32 Å². The molecule has 0 radical (unpaired) electrons. The Morgan fingerprint density at radius 2 is 0.700 bits per heavy atom. The van der Waals surface area contributed by atoms with Crippen LogP contribution in [0.15, 0.2) is 223 Å².